The maximum atomic E-state index is 8.85. The van der Waals surface area contributed by atoms with Crippen molar-refractivity contribution >= 4 is 0 Å². The van der Waals surface area contributed by atoms with Crippen molar-refractivity contribution in [2.24, 2.45) is 5.92 Å². The summed E-state index contributed by atoms with van der Waals surface area (Å²) >= 11 is 0. The number of nitrogens with zero attached hydrogens (tertiary/aromatic N) is 1. The molecule has 0 aromatic rings. The van der Waals surface area contributed by atoms with Crippen LogP contribution in [0.1, 0.15) is 52.4 Å². The van der Waals surface area contributed by atoms with Crippen molar-refractivity contribution in [3.63, 3.8) is 0 Å². The molecular formula is C13H29NO. The van der Waals surface area contributed by atoms with Gasteiger partial charge in [-0.1, -0.05) is 39.5 Å². The number of unbranched alkanes of at least 4 members (excludes halogenated alkanes) is 2. The highest BCUT2D eigenvalue weighted by Crippen LogP contribution is 2.16. The second kappa shape index (κ2) is 10.4. The molecule has 0 aliphatic carbocycles. The second-order valence-corrected chi connectivity index (χ2v) is 4.64. The predicted octanol–water partition coefficient (Wildman–Crippen LogP) is 2.91. The average molecular weight is 215 g/mol. The monoisotopic (exact) mass is 215 g/mol. The molecule has 92 valence electrons. The van der Waals surface area contributed by atoms with Crippen LogP contribution in [-0.2, 0) is 0 Å². The molecule has 0 aromatic carbocycles. The number of aliphatic hydroxyl groups is 1. The summed E-state index contributed by atoms with van der Waals surface area (Å²) in [7, 11) is 2.11. The van der Waals surface area contributed by atoms with Crippen molar-refractivity contribution in [3.05, 3.63) is 0 Å². The number of hydrogen-bond donors (Lipinski definition) is 1. The number of aliphatic hydroxyl groups excluding tert-OH is 1. The van der Waals surface area contributed by atoms with Crippen LogP contribution in [0.2, 0.25) is 0 Å². The molecule has 0 saturated carbocycles. The molecule has 0 rings (SSSR count). The van der Waals surface area contributed by atoms with Crippen molar-refractivity contribution < 1.29 is 5.11 Å². The lowest BCUT2D eigenvalue weighted by Crippen LogP contribution is -2.28. The minimum absolute atomic E-state index is 0.282. The fraction of sp³-hybridized carbons (Fsp3) is 1.00. The number of hydrogen-bond acceptors (Lipinski definition) is 2. The van der Waals surface area contributed by atoms with Gasteiger partial charge in [0, 0.05) is 13.1 Å². The van der Waals surface area contributed by atoms with Crippen LogP contribution in [0.5, 0.6) is 0 Å². The van der Waals surface area contributed by atoms with Crippen LogP contribution >= 0.6 is 0 Å². The Morgan fingerprint density at radius 1 is 1.07 bits per heavy atom. The molecule has 0 aliphatic rings. The van der Waals surface area contributed by atoms with Gasteiger partial charge in [-0.05, 0) is 25.8 Å². The smallest absolute Gasteiger partial charge is 0.0558 e. The maximum Gasteiger partial charge on any atom is 0.0558 e. The molecule has 0 saturated heterocycles. The SMILES string of the molecule is CCCCCC(CCC)CN(C)CCO. The zero-order valence-corrected chi connectivity index (χ0v) is 10.8. The summed E-state index contributed by atoms with van der Waals surface area (Å²) in [6.07, 6.45) is 8.02. The van der Waals surface area contributed by atoms with E-state index in [2.05, 4.69) is 25.8 Å². The Hall–Kier alpha value is -0.0800. The molecule has 0 amide bonds. The van der Waals surface area contributed by atoms with E-state index in [4.69, 9.17) is 5.11 Å². The first-order valence-electron chi connectivity index (χ1n) is 6.53. The Morgan fingerprint density at radius 3 is 2.33 bits per heavy atom. The van der Waals surface area contributed by atoms with Crippen molar-refractivity contribution in [1.82, 2.24) is 4.90 Å². The third-order valence-electron chi connectivity index (χ3n) is 2.96. The summed E-state index contributed by atoms with van der Waals surface area (Å²) in [5.41, 5.74) is 0. The first kappa shape index (κ1) is 14.9. The fourth-order valence-corrected chi connectivity index (χ4v) is 2.12. The first-order valence-corrected chi connectivity index (χ1v) is 6.53. The highest BCUT2D eigenvalue weighted by Gasteiger charge is 2.10. The topological polar surface area (TPSA) is 23.5 Å². The fourth-order valence-electron chi connectivity index (χ4n) is 2.12. The largest absolute Gasteiger partial charge is 0.395 e. The van der Waals surface area contributed by atoms with Crippen LogP contribution < -0.4 is 0 Å². The molecule has 0 radical (unpaired) electrons. The van der Waals surface area contributed by atoms with Gasteiger partial charge in [0.2, 0.25) is 0 Å². The van der Waals surface area contributed by atoms with E-state index in [0.717, 1.165) is 19.0 Å². The molecule has 1 N–H and O–H groups in total. The van der Waals surface area contributed by atoms with E-state index >= 15 is 0 Å². The zero-order chi connectivity index (χ0) is 11.5. The van der Waals surface area contributed by atoms with Gasteiger partial charge in [-0.3, -0.25) is 0 Å². The van der Waals surface area contributed by atoms with Gasteiger partial charge in [0.05, 0.1) is 6.61 Å². The standard InChI is InChI=1S/C13H29NO/c1-4-6-7-9-13(8-5-2)12-14(3)10-11-15/h13,15H,4-12H2,1-3H3. The molecule has 0 aromatic heterocycles. The Kier molecular flexibility index (Phi) is 10.4. The van der Waals surface area contributed by atoms with Crippen molar-refractivity contribution in [1.29, 1.82) is 0 Å². The summed E-state index contributed by atoms with van der Waals surface area (Å²) in [4.78, 5) is 2.26. The molecule has 1 unspecified atom stereocenters. The van der Waals surface area contributed by atoms with Crippen LogP contribution in [0, 0.1) is 5.92 Å². The van der Waals surface area contributed by atoms with Gasteiger partial charge in [0.25, 0.3) is 0 Å². The summed E-state index contributed by atoms with van der Waals surface area (Å²) in [5.74, 6) is 0.832. The molecule has 2 heteroatoms. The molecule has 0 aliphatic heterocycles. The molecule has 2 nitrogen and oxygen atoms in total. The average Bonchev–Trinajstić information content (AvgIpc) is 2.18. The Balaban J connectivity index is 3.70. The molecule has 0 bridgehead atoms. The lowest BCUT2D eigenvalue weighted by Gasteiger charge is -2.23. The molecule has 15 heavy (non-hydrogen) atoms. The van der Waals surface area contributed by atoms with Crippen LogP contribution in [-0.4, -0.2) is 36.8 Å². The Bertz CT molecular complexity index is 128. The van der Waals surface area contributed by atoms with Gasteiger partial charge in [0.15, 0.2) is 0 Å². The van der Waals surface area contributed by atoms with Crippen molar-refractivity contribution in [2.75, 3.05) is 26.7 Å². The van der Waals surface area contributed by atoms with Gasteiger partial charge in [-0.15, -0.1) is 0 Å². The summed E-state index contributed by atoms with van der Waals surface area (Å²) in [5, 5.41) is 8.85. The highest BCUT2D eigenvalue weighted by molar-refractivity contribution is 4.63. The van der Waals surface area contributed by atoms with Crippen LogP contribution in [0.25, 0.3) is 0 Å². The van der Waals surface area contributed by atoms with E-state index in [1.807, 2.05) is 0 Å². The molecular weight excluding hydrogens is 186 g/mol. The Morgan fingerprint density at radius 2 is 1.80 bits per heavy atom. The van der Waals surface area contributed by atoms with E-state index in [9.17, 15) is 0 Å². The predicted molar refractivity (Wildman–Crippen MR) is 67.1 cm³/mol. The van der Waals surface area contributed by atoms with Crippen molar-refractivity contribution in [2.45, 2.75) is 52.4 Å². The van der Waals surface area contributed by atoms with Crippen LogP contribution in [0.3, 0.4) is 0 Å². The summed E-state index contributed by atoms with van der Waals surface area (Å²) in [6.45, 7) is 6.77. The maximum absolute atomic E-state index is 8.85. The minimum atomic E-state index is 0.282. The molecule has 1 atom stereocenters. The first-order chi connectivity index (χ1) is 7.24. The summed E-state index contributed by atoms with van der Waals surface area (Å²) < 4.78 is 0. The Labute approximate surface area is 95.7 Å². The molecule has 0 fully saturated rings. The van der Waals surface area contributed by atoms with Gasteiger partial charge in [-0.25, -0.2) is 0 Å². The third-order valence-corrected chi connectivity index (χ3v) is 2.96. The van der Waals surface area contributed by atoms with Gasteiger partial charge < -0.3 is 10.0 Å². The highest BCUT2D eigenvalue weighted by atomic mass is 16.3. The van der Waals surface area contributed by atoms with Crippen LogP contribution in [0.15, 0.2) is 0 Å². The van der Waals surface area contributed by atoms with E-state index in [1.165, 1.54) is 38.5 Å². The molecule has 0 heterocycles. The van der Waals surface area contributed by atoms with Gasteiger partial charge in [-0.2, -0.15) is 0 Å². The summed E-state index contributed by atoms with van der Waals surface area (Å²) in [6, 6.07) is 0. The van der Waals surface area contributed by atoms with Gasteiger partial charge >= 0.3 is 0 Å². The lowest BCUT2D eigenvalue weighted by atomic mass is 9.96. The van der Waals surface area contributed by atoms with E-state index < -0.39 is 0 Å². The van der Waals surface area contributed by atoms with E-state index in [-0.39, 0.29) is 6.61 Å². The lowest BCUT2D eigenvalue weighted by molar-refractivity contribution is 0.194. The normalized spacial score (nSPS) is 13.4. The van der Waals surface area contributed by atoms with E-state index in [0.29, 0.717) is 0 Å². The third kappa shape index (κ3) is 8.88. The second-order valence-electron chi connectivity index (χ2n) is 4.64. The number of rotatable bonds is 10. The zero-order valence-electron chi connectivity index (χ0n) is 10.8. The molecule has 0 spiro atoms. The quantitative estimate of drug-likeness (QED) is 0.566. The van der Waals surface area contributed by atoms with Gasteiger partial charge in [0.1, 0.15) is 0 Å². The number of likely N-dealkylation sites (N-methyl/N-ethyl adjacent to an activating group) is 1. The van der Waals surface area contributed by atoms with Crippen molar-refractivity contribution in [3.8, 4) is 0 Å². The van der Waals surface area contributed by atoms with E-state index in [1.54, 1.807) is 0 Å². The minimum Gasteiger partial charge on any atom is -0.395 e. The van der Waals surface area contributed by atoms with Crippen LogP contribution in [0.4, 0.5) is 0 Å².